The Morgan fingerprint density at radius 3 is 2.79 bits per heavy atom. The highest BCUT2D eigenvalue weighted by Crippen LogP contribution is 2.32. The summed E-state index contributed by atoms with van der Waals surface area (Å²) in [5.74, 6) is 0.899. The maximum absolute atomic E-state index is 13.5. The lowest BCUT2D eigenvalue weighted by Crippen LogP contribution is -2.52. The van der Waals surface area contributed by atoms with Crippen LogP contribution in [-0.2, 0) is 4.79 Å². The van der Waals surface area contributed by atoms with E-state index in [1.54, 1.807) is 4.90 Å². The number of nitrogens with one attached hydrogen (secondary N) is 1. The van der Waals surface area contributed by atoms with E-state index in [0.717, 1.165) is 25.1 Å². The zero-order chi connectivity index (χ0) is 20.6. The molecule has 0 saturated carbocycles. The third kappa shape index (κ3) is 3.79. The van der Waals surface area contributed by atoms with Crippen molar-refractivity contribution < 1.29 is 14.4 Å². The third-order valence-corrected chi connectivity index (χ3v) is 5.66. The molecule has 2 aliphatic rings. The average molecular weight is 387 g/mol. The summed E-state index contributed by atoms with van der Waals surface area (Å²) in [6, 6.07) is 1.60. The van der Waals surface area contributed by atoms with Crippen LogP contribution < -0.4 is 10.9 Å². The number of carbonyl (C=O) groups excluding carboxylic acids is 1. The van der Waals surface area contributed by atoms with Crippen LogP contribution in [0.25, 0.3) is 0 Å². The largest absolute Gasteiger partial charge is 0.391 e. The Hall–Kier alpha value is -1.96. The topological polar surface area (TPSA) is 94.2 Å². The number of aliphatic hydroxyl groups is 1. The molecule has 1 fully saturated rings. The number of hydrogen-bond acceptors (Lipinski definition) is 7. The first-order valence-electron chi connectivity index (χ1n) is 10.3. The second-order valence-electron chi connectivity index (χ2n) is 8.58. The van der Waals surface area contributed by atoms with Crippen molar-refractivity contribution in [1.82, 2.24) is 20.4 Å². The van der Waals surface area contributed by atoms with Gasteiger partial charge in [-0.05, 0) is 32.8 Å². The second-order valence-corrected chi connectivity index (χ2v) is 8.58. The molecule has 1 amide bonds. The Labute approximate surface area is 168 Å². The van der Waals surface area contributed by atoms with Gasteiger partial charge in [0.15, 0.2) is 0 Å². The molecule has 3 rings (SSSR count). The molecule has 0 aliphatic carbocycles. The van der Waals surface area contributed by atoms with Crippen molar-refractivity contribution in [1.29, 1.82) is 0 Å². The predicted octanol–water partition coefficient (Wildman–Crippen LogP) is -1.04. The molecule has 0 radical (unpaired) electrons. The third-order valence-electron chi connectivity index (χ3n) is 5.66. The standard InChI is InChI=1S/C18H31B2N5O3/c1-6-25-18(4,5)21-16(22-25)12-7-11(26)9-24(12)17(27)15(10(2)3)13-8-14(20-19)23-28-13/h8,10-12,15,20,26H,6-7,9,19H2,1-5H3,(H,21,22)/t11-,12+,15?/m1/s1. The second kappa shape index (κ2) is 7.81. The van der Waals surface area contributed by atoms with Crippen molar-refractivity contribution in [3.8, 4) is 0 Å². The Kier molecular flexibility index (Phi) is 5.79. The molecule has 2 N–H and O–H groups in total. The highest BCUT2D eigenvalue weighted by atomic mass is 16.5. The maximum Gasteiger partial charge on any atom is 0.234 e. The van der Waals surface area contributed by atoms with E-state index < -0.39 is 12.0 Å². The predicted molar refractivity (Wildman–Crippen MR) is 113 cm³/mol. The molecule has 10 heteroatoms. The molecule has 2 aliphatic heterocycles. The quantitative estimate of drug-likeness (QED) is 0.606. The van der Waals surface area contributed by atoms with Gasteiger partial charge in [-0.15, -0.1) is 0 Å². The van der Waals surface area contributed by atoms with Crippen molar-refractivity contribution in [2.75, 3.05) is 13.1 Å². The molecular formula is C18H31B2N5O3. The summed E-state index contributed by atoms with van der Waals surface area (Å²) < 4.78 is 5.50. The Balaban J connectivity index is 1.88. The number of carbonyl (C=O) groups is 1. The van der Waals surface area contributed by atoms with Gasteiger partial charge in [0.1, 0.15) is 30.3 Å². The lowest BCUT2D eigenvalue weighted by Gasteiger charge is -2.31. The van der Waals surface area contributed by atoms with E-state index in [1.165, 1.54) is 0 Å². The van der Waals surface area contributed by atoms with Crippen LogP contribution in [-0.4, -0.2) is 77.7 Å². The van der Waals surface area contributed by atoms with Gasteiger partial charge in [-0.1, -0.05) is 19.0 Å². The number of hydrogen-bond donors (Lipinski definition) is 2. The fourth-order valence-corrected chi connectivity index (χ4v) is 4.15. The van der Waals surface area contributed by atoms with Crippen LogP contribution in [0.5, 0.6) is 0 Å². The fourth-order valence-electron chi connectivity index (χ4n) is 4.15. The minimum Gasteiger partial charge on any atom is -0.391 e. The first-order chi connectivity index (χ1) is 13.2. The molecule has 3 atom stereocenters. The highest BCUT2D eigenvalue weighted by Gasteiger charge is 2.45. The smallest absolute Gasteiger partial charge is 0.234 e. The van der Waals surface area contributed by atoms with Crippen LogP contribution in [0.1, 0.15) is 52.7 Å². The lowest BCUT2D eigenvalue weighted by atomic mass is 9.53. The van der Waals surface area contributed by atoms with Crippen LogP contribution >= 0.6 is 0 Å². The van der Waals surface area contributed by atoms with Crippen molar-refractivity contribution in [3.05, 3.63) is 11.8 Å². The average Bonchev–Trinajstić information content (AvgIpc) is 3.31. The monoisotopic (exact) mass is 387 g/mol. The Morgan fingerprint density at radius 1 is 1.54 bits per heavy atom. The molecule has 0 bridgehead atoms. The molecule has 1 aromatic heterocycles. The summed E-state index contributed by atoms with van der Waals surface area (Å²) in [5.41, 5.74) is 0.527. The maximum atomic E-state index is 13.5. The van der Waals surface area contributed by atoms with Crippen molar-refractivity contribution >= 4 is 32.2 Å². The van der Waals surface area contributed by atoms with Gasteiger partial charge in [0.2, 0.25) is 5.91 Å². The van der Waals surface area contributed by atoms with Gasteiger partial charge in [0.05, 0.1) is 19.9 Å². The number of rotatable bonds is 6. The van der Waals surface area contributed by atoms with E-state index in [0.29, 0.717) is 18.7 Å². The molecule has 0 aromatic carbocycles. The minimum atomic E-state index is -0.564. The molecule has 0 spiro atoms. The van der Waals surface area contributed by atoms with Crippen LogP contribution in [0.15, 0.2) is 15.7 Å². The molecule has 3 heterocycles. The van der Waals surface area contributed by atoms with Gasteiger partial charge in [-0.3, -0.25) is 9.80 Å². The molecule has 28 heavy (non-hydrogen) atoms. The molecule has 8 nitrogen and oxygen atoms in total. The van der Waals surface area contributed by atoms with Gasteiger partial charge < -0.3 is 19.8 Å². The van der Waals surface area contributed by atoms with Crippen molar-refractivity contribution in [2.45, 2.75) is 64.8 Å². The van der Waals surface area contributed by atoms with E-state index in [9.17, 15) is 9.90 Å². The summed E-state index contributed by atoms with van der Waals surface area (Å²) in [4.78, 5) is 15.3. The number of hydrazone groups is 1. The molecule has 1 saturated heterocycles. The fraction of sp³-hybridized carbons (Fsp3) is 0.722. The zero-order valence-electron chi connectivity index (χ0n) is 17.8. The first kappa shape index (κ1) is 20.8. The number of nitrogens with zero attached hydrogens (tertiary/aromatic N) is 4. The zero-order valence-corrected chi connectivity index (χ0v) is 17.8. The van der Waals surface area contributed by atoms with Gasteiger partial charge in [0.25, 0.3) is 0 Å². The van der Waals surface area contributed by atoms with E-state index in [4.69, 9.17) is 9.62 Å². The van der Waals surface area contributed by atoms with Crippen LogP contribution in [0, 0.1) is 5.92 Å². The van der Waals surface area contributed by atoms with Gasteiger partial charge in [0, 0.05) is 25.1 Å². The number of aliphatic hydroxyl groups excluding tert-OH is 1. The Bertz CT molecular complexity index is 751. The molecular weight excluding hydrogens is 356 g/mol. The molecule has 152 valence electrons. The number of likely N-dealkylation sites (tertiary alicyclic amines) is 1. The minimum absolute atomic E-state index is 0.0469. The van der Waals surface area contributed by atoms with Crippen molar-refractivity contribution in [3.63, 3.8) is 0 Å². The SMILES string of the molecule is BBc1cc(C(C(=O)N2C[C@H](O)C[C@H]2C2=NN(CC)C(C)(C)N2)C(C)C)on1. The van der Waals surface area contributed by atoms with E-state index in [1.807, 2.05) is 39.6 Å². The van der Waals surface area contributed by atoms with E-state index in [2.05, 4.69) is 24.3 Å². The van der Waals surface area contributed by atoms with E-state index in [-0.39, 0.29) is 23.5 Å². The summed E-state index contributed by atoms with van der Waals surface area (Å²) in [7, 11) is 2.77. The number of β-amino-alcohol motifs (C(OH)–C–C–N with tert-alkyl or cyclic N) is 1. The normalized spacial score (nSPS) is 25.0. The van der Waals surface area contributed by atoms with Crippen LogP contribution in [0.2, 0.25) is 0 Å². The number of amidine groups is 1. The van der Waals surface area contributed by atoms with Gasteiger partial charge in [-0.25, -0.2) is 0 Å². The van der Waals surface area contributed by atoms with Crippen LogP contribution in [0.4, 0.5) is 0 Å². The summed E-state index contributed by atoms with van der Waals surface area (Å²) in [5, 5.41) is 24.5. The first-order valence-corrected chi connectivity index (χ1v) is 10.3. The van der Waals surface area contributed by atoms with Gasteiger partial charge in [-0.2, -0.15) is 5.10 Å². The summed E-state index contributed by atoms with van der Waals surface area (Å²) in [6.07, 6.45) is -0.0851. The Morgan fingerprint density at radius 2 is 2.25 bits per heavy atom. The van der Waals surface area contributed by atoms with Crippen molar-refractivity contribution in [2.24, 2.45) is 11.0 Å². The van der Waals surface area contributed by atoms with Crippen LogP contribution in [0.3, 0.4) is 0 Å². The number of amides is 1. The van der Waals surface area contributed by atoms with E-state index >= 15 is 0 Å². The van der Waals surface area contributed by atoms with Gasteiger partial charge >= 0.3 is 0 Å². The summed E-state index contributed by atoms with van der Waals surface area (Å²) in [6.45, 7) is 11.2. The number of aromatic nitrogens is 1. The highest BCUT2D eigenvalue weighted by molar-refractivity contribution is 6.97. The molecule has 1 unspecified atom stereocenters. The molecule has 1 aromatic rings. The lowest BCUT2D eigenvalue weighted by molar-refractivity contribution is -0.134. The summed E-state index contributed by atoms with van der Waals surface area (Å²) >= 11 is 0.